The van der Waals surface area contributed by atoms with Crippen LogP contribution >= 0.6 is 0 Å². The molecular weight excluding hydrogens is 488 g/mol. The van der Waals surface area contributed by atoms with E-state index in [0.717, 1.165) is 14.2 Å². The summed E-state index contributed by atoms with van der Waals surface area (Å²) in [5, 5.41) is 9.50. The number of Topliss-reactive ketones (excluding diaryl/α,β-unsaturated/α-hetero) is 1. The predicted molar refractivity (Wildman–Crippen MR) is 132 cm³/mol. The fourth-order valence-corrected chi connectivity index (χ4v) is 2.77. The molecule has 13 heteroatoms. The van der Waals surface area contributed by atoms with Crippen molar-refractivity contribution in [1.29, 1.82) is 0 Å². The van der Waals surface area contributed by atoms with Gasteiger partial charge in [-0.1, -0.05) is 27.4 Å². The van der Waals surface area contributed by atoms with Crippen LogP contribution in [0.3, 0.4) is 0 Å². The SMILES string of the molecule is C=C(C)C(=O)[C@H](CC(=O)OC)NC(=O)C(C)NC(=O)CNC(=O)C(CC(=O)OC)NC(=O)[C@@H](C)C(C)C. The molecule has 0 radical (unpaired) electrons. The second kappa shape index (κ2) is 16.1. The molecule has 0 rings (SSSR count). The number of rotatable bonds is 15. The van der Waals surface area contributed by atoms with E-state index in [1.54, 1.807) is 6.92 Å². The Labute approximate surface area is 216 Å². The topological polar surface area (TPSA) is 186 Å². The molecule has 4 amide bonds. The van der Waals surface area contributed by atoms with E-state index in [9.17, 15) is 33.6 Å². The number of amides is 4. The summed E-state index contributed by atoms with van der Waals surface area (Å²) in [7, 11) is 2.27. The predicted octanol–water partition coefficient (Wildman–Crippen LogP) is -0.860. The van der Waals surface area contributed by atoms with E-state index in [-0.39, 0.29) is 11.5 Å². The van der Waals surface area contributed by atoms with Crippen molar-refractivity contribution in [3.8, 4) is 0 Å². The Morgan fingerprint density at radius 3 is 1.68 bits per heavy atom. The van der Waals surface area contributed by atoms with Crippen molar-refractivity contribution >= 4 is 41.4 Å². The van der Waals surface area contributed by atoms with Crippen LogP contribution in [0.5, 0.6) is 0 Å². The van der Waals surface area contributed by atoms with Gasteiger partial charge in [-0.2, -0.15) is 0 Å². The lowest BCUT2D eigenvalue weighted by atomic mass is 9.96. The Hall–Kier alpha value is -3.77. The van der Waals surface area contributed by atoms with Gasteiger partial charge in [-0.05, 0) is 25.3 Å². The fourth-order valence-electron chi connectivity index (χ4n) is 2.77. The third-order valence-corrected chi connectivity index (χ3v) is 5.49. The lowest BCUT2D eigenvalue weighted by Gasteiger charge is -2.22. The molecule has 0 aliphatic carbocycles. The van der Waals surface area contributed by atoms with E-state index in [2.05, 4.69) is 37.3 Å². The van der Waals surface area contributed by atoms with Crippen LogP contribution in [0.2, 0.25) is 0 Å². The highest BCUT2D eigenvalue weighted by Gasteiger charge is 2.29. The third kappa shape index (κ3) is 12.2. The van der Waals surface area contributed by atoms with E-state index >= 15 is 0 Å². The molecule has 4 N–H and O–H groups in total. The Balaban J connectivity index is 5.11. The average Bonchev–Trinajstić information content (AvgIpc) is 2.84. The molecule has 0 fully saturated rings. The van der Waals surface area contributed by atoms with E-state index in [0.29, 0.717) is 0 Å². The van der Waals surface area contributed by atoms with Crippen LogP contribution in [0.1, 0.15) is 47.5 Å². The normalized spacial score (nSPS) is 13.7. The summed E-state index contributed by atoms with van der Waals surface area (Å²) in [5.74, 6) is -5.25. The monoisotopic (exact) mass is 526 g/mol. The van der Waals surface area contributed by atoms with Gasteiger partial charge in [0.15, 0.2) is 5.78 Å². The number of esters is 2. The fraction of sp³-hybridized carbons (Fsp3) is 0.625. The van der Waals surface area contributed by atoms with Gasteiger partial charge < -0.3 is 30.7 Å². The first-order valence-corrected chi connectivity index (χ1v) is 11.7. The smallest absolute Gasteiger partial charge is 0.308 e. The van der Waals surface area contributed by atoms with Crippen molar-refractivity contribution in [2.24, 2.45) is 11.8 Å². The molecule has 0 aliphatic heterocycles. The first-order valence-electron chi connectivity index (χ1n) is 11.7. The van der Waals surface area contributed by atoms with Crippen molar-refractivity contribution in [1.82, 2.24) is 21.3 Å². The van der Waals surface area contributed by atoms with Gasteiger partial charge in [0.2, 0.25) is 23.6 Å². The van der Waals surface area contributed by atoms with Crippen LogP contribution in [0.4, 0.5) is 0 Å². The molecule has 0 saturated carbocycles. The minimum atomic E-state index is -1.28. The summed E-state index contributed by atoms with van der Waals surface area (Å²) in [6.07, 6.45) is -0.870. The van der Waals surface area contributed by atoms with Gasteiger partial charge in [0.05, 0.1) is 33.6 Å². The van der Waals surface area contributed by atoms with Crippen molar-refractivity contribution < 1.29 is 43.0 Å². The average molecular weight is 527 g/mol. The van der Waals surface area contributed by atoms with Crippen LogP contribution < -0.4 is 21.3 Å². The zero-order chi connectivity index (χ0) is 28.9. The quantitative estimate of drug-likeness (QED) is 0.156. The number of methoxy groups -OCH3 is 2. The van der Waals surface area contributed by atoms with Gasteiger partial charge in [0.1, 0.15) is 18.1 Å². The van der Waals surface area contributed by atoms with Crippen molar-refractivity contribution in [2.45, 2.75) is 65.6 Å². The second-order valence-electron chi connectivity index (χ2n) is 8.87. The molecule has 0 aliphatic rings. The molecule has 0 heterocycles. The molecule has 0 aromatic rings. The van der Waals surface area contributed by atoms with Gasteiger partial charge in [0.25, 0.3) is 0 Å². The van der Waals surface area contributed by atoms with Crippen LogP contribution in [0.15, 0.2) is 12.2 Å². The summed E-state index contributed by atoms with van der Waals surface area (Å²) >= 11 is 0. The molecule has 4 atom stereocenters. The summed E-state index contributed by atoms with van der Waals surface area (Å²) in [6, 6.07) is -3.64. The lowest BCUT2D eigenvalue weighted by molar-refractivity contribution is -0.144. The van der Waals surface area contributed by atoms with Gasteiger partial charge in [-0.15, -0.1) is 0 Å². The van der Waals surface area contributed by atoms with Gasteiger partial charge >= 0.3 is 11.9 Å². The highest BCUT2D eigenvalue weighted by molar-refractivity contribution is 6.03. The van der Waals surface area contributed by atoms with Crippen LogP contribution in [0.25, 0.3) is 0 Å². The van der Waals surface area contributed by atoms with E-state index in [1.165, 1.54) is 13.8 Å². The summed E-state index contributed by atoms with van der Waals surface area (Å²) in [5.41, 5.74) is 0.116. The number of carbonyl (C=O) groups is 7. The standard InChI is InChI=1S/C24H38N4O9/c1-12(2)14(5)22(33)28-17(10-20(31)37-8)24(35)25-11-18(29)26-15(6)23(34)27-16(9-19(30)36-7)21(32)13(3)4/h12,14-17H,3,9-11H2,1-2,4-8H3,(H,25,35)(H,26,29)(H,27,34)(H,28,33)/t14-,15?,16-,17?/m0/s1. The third-order valence-electron chi connectivity index (χ3n) is 5.49. The number of hydrogen-bond acceptors (Lipinski definition) is 9. The molecular formula is C24H38N4O9. The zero-order valence-electron chi connectivity index (χ0n) is 22.4. The lowest BCUT2D eigenvalue weighted by Crippen LogP contribution is -2.54. The number of hydrogen-bond donors (Lipinski definition) is 4. The molecule has 0 saturated heterocycles. The minimum Gasteiger partial charge on any atom is -0.469 e. The highest BCUT2D eigenvalue weighted by atomic mass is 16.5. The molecule has 208 valence electrons. The maximum absolute atomic E-state index is 12.6. The number of carbonyl (C=O) groups excluding carboxylic acids is 7. The Morgan fingerprint density at radius 1 is 0.730 bits per heavy atom. The summed E-state index contributed by atoms with van der Waals surface area (Å²) in [6.45, 7) is 11.0. The van der Waals surface area contributed by atoms with Crippen LogP contribution in [-0.2, 0) is 43.0 Å². The Kier molecular flexibility index (Phi) is 14.4. The highest BCUT2D eigenvalue weighted by Crippen LogP contribution is 2.10. The van der Waals surface area contributed by atoms with E-state index in [4.69, 9.17) is 0 Å². The maximum Gasteiger partial charge on any atom is 0.308 e. The Bertz CT molecular complexity index is 901. The molecule has 37 heavy (non-hydrogen) atoms. The minimum absolute atomic E-state index is 0.0156. The van der Waals surface area contributed by atoms with Gasteiger partial charge in [-0.25, -0.2) is 0 Å². The molecule has 0 aromatic heterocycles. The molecule has 0 aromatic carbocycles. The van der Waals surface area contributed by atoms with Crippen LogP contribution in [-0.4, -0.2) is 80.2 Å². The van der Waals surface area contributed by atoms with E-state index in [1.807, 2.05) is 13.8 Å². The van der Waals surface area contributed by atoms with Gasteiger partial charge in [0, 0.05) is 5.92 Å². The van der Waals surface area contributed by atoms with Crippen molar-refractivity contribution in [3.63, 3.8) is 0 Å². The van der Waals surface area contributed by atoms with E-state index < -0.39 is 84.8 Å². The molecule has 0 spiro atoms. The van der Waals surface area contributed by atoms with Crippen molar-refractivity contribution in [2.75, 3.05) is 20.8 Å². The first kappa shape index (κ1) is 33.2. The molecule has 13 nitrogen and oxygen atoms in total. The first-order chi connectivity index (χ1) is 17.1. The zero-order valence-corrected chi connectivity index (χ0v) is 22.4. The number of ether oxygens (including phenoxy) is 2. The number of ketones is 1. The largest absolute Gasteiger partial charge is 0.469 e. The molecule has 2 unspecified atom stereocenters. The Morgan fingerprint density at radius 2 is 1.22 bits per heavy atom. The summed E-state index contributed by atoms with van der Waals surface area (Å²) < 4.78 is 9.10. The van der Waals surface area contributed by atoms with Crippen molar-refractivity contribution in [3.05, 3.63) is 12.2 Å². The van der Waals surface area contributed by atoms with Crippen LogP contribution in [0, 0.1) is 11.8 Å². The number of nitrogens with one attached hydrogen (secondary N) is 4. The molecule has 0 bridgehead atoms. The summed E-state index contributed by atoms with van der Waals surface area (Å²) in [4.78, 5) is 85.3. The van der Waals surface area contributed by atoms with Gasteiger partial charge in [-0.3, -0.25) is 33.6 Å². The second-order valence-corrected chi connectivity index (χ2v) is 8.87. The maximum atomic E-state index is 12.6.